The van der Waals surface area contributed by atoms with Crippen molar-refractivity contribution in [2.75, 3.05) is 40.3 Å². The largest absolute Gasteiger partial charge is 0.484 e. The number of piperazine rings is 1. The molecule has 1 unspecified atom stereocenters. The highest BCUT2D eigenvalue weighted by molar-refractivity contribution is 7.16. The number of aromatic nitrogens is 3. The first-order valence-corrected chi connectivity index (χ1v) is 14.3. The summed E-state index contributed by atoms with van der Waals surface area (Å²) in [7, 11) is 3.54. The van der Waals surface area contributed by atoms with Crippen molar-refractivity contribution in [2.24, 2.45) is 5.73 Å². The Morgan fingerprint density at radius 1 is 1.15 bits per heavy atom. The predicted molar refractivity (Wildman–Crippen MR) is 156 cm³/mol. The van der Waals surface area contributed by atoms with Gasteiger partial charge in [0.1, 0.15) is 33.6 Å². The number of nitrogens with zero attached hydrogens (tertiary/aromatic N) is 6. The van der Waals surface area contributed by atoms with E-state index in [4.69, 9.17) is 22.1 Å². The van der Waals surface area contributed by atoms with Crippen molar-refractivity contribution in [3.8, 4) is 10.8 Å². The SMILES string of the molecule is CCC(Oc1cc(-n2cnc3cnc(CN4CCN(C(=O)N(C)C)CC4)cc32)sc1C(N)=O)c1ccccc1Cl. The summed E-state index contributed by atoms with van der Waals surface area (Å²) in [5.41, 5.74) is 9.11. The number of hydrogen-bond donors (Lipinski definition) is 1. The van der Waals surface area contributed by atoms with E-state index in [-0.39, 0.29) is 12.1 Å². The van der Waals surface area contributed by atoms with Gasteiger partial charge in [-0.25, -0.2) is 9.78 Å². The molecule has 0 aliphatic carbocycles. The van der Waals surface area contributed by atoms with E-state index in [0.29, 0.717) is 41.7 Å². The molecule has 4 heterocycles. The third-order valence-corrected chi connectivity index (χ3v) is 8.41. The van der Waals surface area contributed by atoms with Gasteiger partial charge in [-0.1, -0.05) is 36.7 Å². The summed E-state index contributed by atoms with van der Waals surface area (Å²) in [5.74, 6) is -0.139. The van der Waals surface area contributed by atoms with E-state index in [1.165, 1.54) is 11.3 Å². The Morgan fingerprint density at radius 2 is 1.90 bits per heavy atom. The van der Waals surface area contributed by atoms with Crippen molar-refractivity contribution in [1.82, 2.24) is 29.2 Å². The molecule has 1 aliphatic rings. The molecule has 1 aliphatic heterocycles. The average molecular weight is 582 g/mol. The third-order valence-electron chi connectivity index (χ3n) is 6.94. The molecule has 1 fully saturated rings. The van der Waals surface area contributed by atoms with E-state index >= 15 is 0 Å². The normalized spacial score (nSPS) is 14.8. The van der Waals surface area contributed by atoms with Gasteiger partial charge in [-0.2, -0.15) is 0 Å². The number of amides is 3. The molecule has 1 aromatic carbocycles. The van der Waals surface area contributed by atoms with Crippen LogP contribution in [0.15, 0.2) is 48.9 Å². The summed E-state index contributed by atoms with van der Waals surface area (Å²) in [6.07, 6.45) is 3.80. The number of halogens is 1. The number of ether oxygens (including phenoxy) is 1. The van der Waals surface area contributed by atoms with Crippen molar-refractivity contribution in [3.05, 3.63) is 70.1 Å². The van der Waals surface area contributed by atoms with Crippen LogP contribution in [0, 0.1) is 0 Å². The van der Waals surface area contributed by atoms with Gasteiger partial charge in [0.15, 0.2) is 0 Å². The molecule has 12 heteroatoms. The van der Waals surface area contributed by atoms with Crippen molar-refractivity contribution in [1.29, 1.82) is 0 Å². The molecule has 210 valence electrons. The van der Waals surface area contributed by atoms with Crippen molar-refractivity contribution in [2.45, 2.75) is 26.0 Å². The van der Waals surface area contributed by atoms with Gasteiger partial charge in [-0.3, -0.25) is 19.2 Å². The van der Waals surface area contributed by atoms with Crippen LogP contribution < -0.4 is 10.5 Å². The summed E-state index contributed by atoms with van der Waals surface area (Å²) in [6, 6.07) is 11.4. The number of carbonyl (C=O) groups is 2. The van der Waals surface area contributed by atoms with E-state index in [2.05, 4.69) is 14.9 Å². The topological polar surface area (TPSA) is 110 Å². The standard InChI is InChI=1S/C28H32ClN7O3S/c1-4-23(19-7-5-6-8-20(19)29)39-24-14-25(40-26(24)27(30)37)36-17-32-21-15-31-18(13-22(21)36)16-34-9-11-35(12-10-34)28(38)33(2)3/h5-8,13-15,17,23H,4,9-12,16H2,1-3H3,(H2,30,37). The van der Waals surface area contributed by atoms with E-state index in [1.54, 1.807) is 31.5 Å². The molecule has 3 amide bonds. The second-order valence-electron chi connectivity index (χ2n) is 9.90. The lowest BCUT2D eigenvalue weighted by atomic mass is 10.1. The minimum Gasteiger partial charge on any atom is -0.484 e. The fraction of sp³-hybridized carbons (Fsp3) is 0.357. The first-order chi connectivity index (χ1) is 19.2. The molecule has 0 spiro atoms. The maximum Gasteiger partial charge on any atom is 0.319 e. The Labute approximate surface area is 241 Å². The van der Waals surface area contributed by atoms with Gasteiger partial charge in [0.05, 0.1) is 17.4 Å². The number of imidazole rings is 1. The van der Waals surface area contributed by atoms with Crippen molar-refractivity contribution in [3.63, 3.8) is 0 Å². The number of pyridine rings is 1. The molecule has 40 heavy (non-hydrogen) atoms. The number of primary amides is 1. The Kier molecular flexibility index (Phi) is 8.24. The summed E-state index contributed by atoms with van der Waals surface area (Å²) in [5, 5.41) is 1.37. The molecule has 1 saturated heterocycles. The summed E-state index contributed by atoms with van der Waals surface area (Å²) in [4.78, 5) is 39.9. The smallest absolute Gasteiger partial charge is 0.319 e. The number of thiophene rings is 1. The molecule has 2 N–H and O–H groups in total. The van der Waals surface area contributed by atoms with E-state index in [0.717, 1.165) is 40.4 Å². The molecule has 0 radical (unpaired) electrons. The van der Waals surface area contributed by atoms with Gasteiger partial charge in [0.2, 0.25) is 0 Å². The summed E-state index contributed by atoms with van der Waals surface area (Å²) in [6.45, 7) is 5.57. The minimum atomic E-state index is -0.557. The Bertz CT molecular complexity index is 1530. The van der Waals surface area contributed by atoms with Gasteiger partial charge < -0.3 is 20.3 Å². The second-order valence-corrected chi connectivity index (χ2v) is 11.3. The lowest BCUT2D eigenvalue weighted by Crippen LogP contribution is -2.51. The zero-order valence-corrected chi connectivity index (χ0v) is 24.3. The van der Waals surface area contributed by atoms with Gasteiger partial charge in [-0.15, -0.1) is 11.3 Å². The molecule has 4 aromatic rings. The summed E-state index contributed by atoms with van der Waals surface area (Å²) >= 11 is 7.68. The Morgan fingerprint density at radius 3 is 2.58 bits per heavy atom. The van der Waals surface area contributed by atoms with Gasteiger partial charge in [-0.05, 0) is 18.6 Å². The Balaban J connectivity index is 1.38. The number of urea groups is 1. The molecule has 3 aromatic heterocycles. The van der Waals surface area contributed by atoms with Crippen LogP contribution in [0.1, 0.15) is 40.4 Å². The fourth-order valence-corrected chi connectivity index (χ4v) is 6.01. The van der Waals surface area contributed by atoms with Crippen LogP contribution in [0.3, 0.4) is 0 Å². The van der Waals surface area contributed by atoms with E-state index in [9.17, 15) is 9.59 Å². The fourth-order valence-electron chi connectivity index (χ4n) is 4.82. The van der Waals surface area contributed by atoms with Gasteiger partial charge in [0, 0.05) is 63.5 Å². The molecule has 1 atom stereocenters. The minimum absolute atomic E-state index is 0.0369. The lowest BCUT2D eigenvalue weighted by Gasteiger charge is -2.35. The first-order valence-electron chi connectivity index (χ1n) is 13.1. The van der Waals surface area contributed by atoms with E-state index in [1.807, 2.05) is 52.8 Å². The highest BCUT2D eigenvalue weighted by atomic mass is 35.5. The maximum atomic E-state index is 12.4. The van der Waals surface area contributed by atoms with Crippen LogP contribution in [-0.2, 0) is 6.54 Å². The lowest BCUT2D eigenvalue weighted by molar-refractivity contribution is 0.0997. The van der Waals surface area contributed by atoms with Crippen LogP contribution in [0.2, 0.25) is 5.02 Å². The number of rotatable bonds is 8. The monoisotopic (exact) mass is 581 g/mol. The van der Waals surface area contributed by atoms with E-state index < -0.39 is 5.91 Å². The number of nitrogens with two attached hydrogens (primary N) is 1. The number of carbonyl (C=O) groups excluding carboxylic acids is 2. The number of hydrogen-bond acceptors (Lipinski definition) is 7. The van der Waals surface area contributed by atoms with Crippen LogP contribution in [0.4, 0.5) is 4.79 Å². The van der Waals surface area contributed by atoms with Crippen LogP contribution in [0.25, 0.3) is 16.0 Å². The molecule has 5 rings (SSSR count). The van der Waals surface area contributed by atoms with Crippen molar-refractivity contribution < 1.29 is 14.3 Å². The zero-order chi connectivity index (χ0) is 28.4. The summed E-state index contributed by atoms with van der Waals surface area (Å²) < 4.78 is 8.24. The molecule has 0 saturated carbocycles. The Hall–Kier alpha value is -3.67. The molecule has 10 nitrogen and oxygen atoms in total. The second kappa shape index (κ2) is 11.8. The predicted octanol–water partition coefficient (Wildman–Crippen LogP) is 4.56. The highest BCUT2D eigenvalue weighted by Crippen LogP contribution is 2.38. The molecular weight excluding hydrogens is 550 g/mol. The zero-order valence-electron chi connectivity index (χ0n) is 22.7. The van der Waals surface area contributed by atoms with Crippen LogP contribution in [0.5, 0.6) is 5.75 Å². The van der Waals surface area contributed by atoms with Crippen LogP contribution in [-0.4, -0.2) is 81.4 Å². The first kappa shape index (κ1) is 27.9. The van der Waals surface area contributed by atoms with Crippen molar-refractivity contribution >= 4 is 45.9 Å². The quantitative estimate of drug-likeness (QED) is 0.327. The highest BCUT2D eigenvalue weighted by Gasteiger charge is 2.24. The average Bonchev–Trinajstić information content (AvgIpc) is 3.56. The number of benzene rings is 1. The van der Waals surface area contributed by atoms with Crippen LogP contribution >= 0.6 is 22.9 Å². The maximum absolute atomic E-state index is 12.4. The molecule has 0 bridgehead atoms. The third kappa shape index (κ3) is 5.77. The molecular formula is C28H32ClN7O3S. The van der Waals surface area contributed by atoms with Gasteiger partial charge >= 0.3 is 6.03 Å². The number of fused-ring (bicyclic) bond motifs is 1. The van der Waals surface area contributed by atoms with Gasteiger partial charge in [0.25, 0.3) is 5.91 Å².